The summed E-state index contributed by atoms with van der Waals surface area (Å²) in [7, 11) is -0.367. The predicted octanol–water partition coefficient (Wildman–Crippen LogP) is 9.35. The van der Waals surface area contributed by atoms with Gasteiger partial charge in [-0.2, -0.15) is 0 Å². The van der Waals surface area contributed by atoms with Crippen molar-refractivity contribution in [3.8, 4) is 5.75 Å². The van der Waals surface area contributed by atoms with E-state index >= 15 is 0 Å². The van der Waals surface area contributed by atoms with Crippen LogP contribution in [0.2, 0.25) is 12.1 Å². The molecule has 1 aromatic rings. The standard InChI is InChI=1S/C33H59NO4SSi/c1-4-6-8-10-11-12-13-18-25-34-26-24-32(38-30-36-3)23-20-28-40(34,27-19-14-9-7-5-2)39-33(35)29-37-31-21-16-15-17-22-31/h15-17,21-22,32H,4-14,18-20,23-30H2,1-3H3. The van der Waals surface area contributed by atoms with E-state index in [-0.39, 0.29) is 17.8 Å². The number of carbonyl (C=O) groups excluding carboxylic acids is 1. The van der Waals surface area contributed by atoms with Gasteiger partial charge in [0.2, 0.25) is 12.5 Å². The van der Waals surface area contributed by atoms with Gasteiger partial charge in [0.05, 0.1) is 6.10 Å². The van der Waals surface area contributed by atoms with E-state index in [1.807, 2.05) is 30.3 Å². The van der Waals surface area contributed by atoms with Crippen molar-refractivity contribution in [1.82, 2.24) is 4.57 Å². The molecule has 2 rings (SSSR count). The number of para-hydroxylation sites is 1. The molecular formula is C33H59NO4SSi. The van der Waals surface area contributed by atoms with Gasteiger partial charge in [-0.1, -0.05) is 127 Å². The zero-order valence-electron chi connectivity index (χ0n) is 26.0. The number of nitrogens with zero attached hydrogens (tertiary/aromatic N) is 1. The lowest BCUT2D eigenvalue weighted by Crippen LogP contribution is -2.54. The summed E-state index contributed by atoms with van der Waals surface area (Å²) in [5, 5.41) is 0.206. The maximum Gasteiger partial charge on any atom is 0.222 e. The molecule has 230 valence electrons. The molecule has 0 amide bonds. The van der Waals surface area contributed by atoms with Gasteiger partial charge < -0.3 is 18.8 Å². The predicted molar refractivity (Wildman–Crippen MR) is 173 cm³/mol. The van der Waals surface area contributed by atoms with E-state index in [1.54, 1.807) is 18.3 Å². The number of ether oxygens (including phenoxy) is 3. The van der Waals surface area contributed by atoms with Crippen LogP contribution in [0.4, 0.5) is 0 Å². The third-order valence-electron chi connectivity index (χ3n) is 8.17. The third-order valence-corrected chi connectivity index (χ3v) is 16.6. The molecule has 1 aromatic carbocycles. The number of carbonyl (C=O) groups is 1. The second kappa shape index (κ2) is 22.7. The summed E-state index contributed by atoms with van der Waals surface area (Å²) < 4.78 is 20.0. The number of methoxy groups -OCH3 is 1. The minimum atomic E-state index is -2.07. The number of unbranched alkanes of at least 4 members (excludes halogenated alkanes) is 11. The van der Waals surface area contributed by atoms with Gasteiger partial charge in [-0.25, -0.2) is 0 Å². The van der Waals surface area contributed by atoms with Crippen LogP contribution in [0.1, 0.15) is 117 Å². The summed E-state index contributed by atoms with van der Waals surface area (Å²) in [5.41, 5.74) is 0. The zero-order chi connectivity index (χ0) is 28.7. The Morgan fingerprint density at radius 3 is 2.23 bits per heavy atom. The summed E-state index contributed by atoms with van der Waals surface area (Å²) >= 11 is 1.71. The summed E-state index contributed by atoms with van der Waals surface area (Å²) in [6.45, 7) is 7.24. The number of benzene rings is 1. The summed E-state index contributed by atoms with van der Waals surface area (Å²) in [6.07, 6.45) is 20.5. The second-order valence-electron chi connectivity index (χ2n) is 11.5. The molecule has 1 aliphatic rings. The van der Waals surface area contributed by atoms with Crippen molar-refractivity contribution >= 4 is 23.7 Å². The van der Waals surface area contributed by atoms with E-state index in [9.17, 15) is 4.79 Å². The average molecular weight is 594 g/mol. The van der Waals surface area contributed by atoms with Crippen LogP contribution in [-0.2, 0) is 14.3 Å². The molecule has 0 N–H and O–H groups in total. The SMILES string of the molecule is CCCCCCCCCCN1CCC(OCOC)CCC[Si]1(CCCCCCC)SC(=O)COc1ccccc1. The first-order chi connectivity index (χ1) is 19.6. The van der Waals surface area contributed by atoms with Gasteiger partial charge >= 0.3 is 0 Å². The largest absolute Gasteiger partial charge is 0.485 e. The zero-order valence-corrected chi connectivity index (χ0v) is 27.8. The van der Waals surface area contributed by atoms with E-state index in [0.29, 0.717) is 6.79 Å². The number of hydrogen-bond donors (Lipinski definition) is 0. The molecule has 0 spiro atoms. The third kappa shape index (κ3) is 14.9. The number of hydrogen-bond acceptors (Lipinski definition) is 6. The Bertz CT molecular complexity index is 755. The van der Waals surface area contributed by atoms with Crippen molar-refractivity contribution in [2.75, 3.05) is 33.6 Å². The normalized spacial score (nSPS) is 20.2. The van der Waals surface area contributed by atoms with Crippen molar-refractivity contribution in [3.63, 3.8) is 0 Å². The van der Waals surface area contributed by atoms with Crippen LogP contribution in [-0.4, -0.2) is 56.8 Å². The van der Waals surface area contributed by atoms with Crippen LogP contribution in [0, 0.1) is 0 Å². The van der Waals surface area contributed by atoms with E-state index in [0.717, 1.165) is 44.1 Å². The maximum absolute atomic E-state index is 13.5. The van der Waals surface area contributed by atoms with Crippen LogP contribution in [0.25, 0.3) is 0 Å². The molecular weight excluding hydrogens is 535 g/mol. The molecule has 1 heterocycles. The minimum Gasteiger partial charge on any atom is -0.485 e. The Kier molecular flexibility index (Phi) is 20.1. The van der Waals surface area contributed by atoms with Crippen LogP contribution in [0.3, 0.4) is 0 Å². The molecule has 0 bridgehead atoms. The summed E-state index contributed by atoms with van der Waals surface area (Å²) in [5.74, 6) is 0.776. The van der Waals surface area contributed by atoms with Gasteiger partial charge in [-0.3, -0.25) is 4.79 Å². The maximum atomic E-state index is 13.5. The molecule has 1 fully saturated rings. The molecule has 7 heteroatoms. The Balaban J connectivity index is 2.09. The lowest BCUT2D eigenvalue weighted by molar-refractivity contribution is -0.112. The topological polar surface area (TPSA) is 48.0 Å². The first-order valence-electron chi connectivity index (χ1n) is 16.4. The fraction of sp³-hybridized carbons (Fsp3) is 0.788. The minimum absolute atomic E-state index is 0.157. The van der Waals surface area contributed by atoms with Crippen molar-refractivity contribution in [3.05, 3.63) is 30.3 Å². The Hall–Kier alpha value is -0.863. The monoisotopic (exact) mass is 593 g/mol. The molecule has 0 aliphatic carbocycles. The van der Waals surface area contributed by atoms with Crippen molar-refractivity contribution in [2.45, 2.75) is 135 Å². The van der Waals surface area contributed by atoms with Crippen molar-refractivity contribution in [1.29, 1.82) is 0 Å². The first-order valence-corrected chi connectivity index (χ1v) is 20.3. The van der Waals surface area contributed by atoms with Gasteiger partial charge in [-0.05, 0) is 56.6 Å². The highest BCUT2D eigenvalue weighted by atomic mass is 32.4. The van der Waals surface area contributed by atoms with E-state index in [1.165, 1.54) is 89.5 Å². The molecule has 5 nitrogen and oxygen atoms in total. The lowest BCUT2D eigenvalue weighted by Gasteiger charge is -2.44. The summed E-state index contributed by atoms with van der Waals surface area (Å²) in [4.78, 5) is 13.5. The molecule has 0 saturated carbocycles. The van der Waals surface area contributed by atoms with Gasteiger partial charge in [0, 0.05) is 7.11 Å². The highest BCUT2D eigenvalue weighted by Gasteiger charge is 2.43. The Morgan fingerprint density at radius 2 is 1.55 bits per heavy atom. The van der Waals surface area contributed by atoms with E-state index < -0.39 is 7.38 Å². The van der Waals surface area contributed by atoms with Gasteiger partial charge in [0.15, 0.2) is 6.61 Å². The molecule has 1 saturated heterocycles. The molecule has 2 unspecified atom stereocenters. The second-order valence-corrected chi connectivity index (χ2v) is 18.6. The fourth-order valence-corrected chi connectivity index (χ4v) is 14.1. The van der Waals surface area contributed by atoms with Crippen molar-refractivity contribution < 1.29 is 19.0 Å². The smallest absolute Gasteiger partial charge is 0.222 e. The molecule has 1 aliphatic heterocycles. The summed E-state index contributed by atoms with van der Waals surface area (Å²) in [6, 6.07) is 12.1. The van der Waals surface area contributed by atoms with Gasteiger partial charge in [0.25, 0.3) is 0 Å². The molecule has 2 atom stereocenters. The first kappa shape index (κ1) is 35.3. The molecule has 40 heavy (non-hydrogen) atoms. The highest BCUT2D eigenvalue weighted by molar-refractivity contribution is 8.39. The van der Waals surface area contributed by atoms with Gasteiger partial charge in [-0.15, -0.1) is 0 Å². The molecule has 0 radical (unpaired) electrons. The van der Waals surface area contributed by atoms with Crippen LogP contribution < -0.4 is 4.74 Å². The highest BCUT2D eigenvalue weighted by Crippen LogP contribution is 2.39. The number of rotatable bonds is 22. The molecule has 0 aromatic heterocycles. The van der Waals surface area contributed by atoms with E-state index in [2.05, 4.69) is 18.4 Å². The fourth-order valence-electron chi connectivity index (χ4n) is 5.85. The Labute approximate surface area is 251 Å². The van der Waals surface area contributed by atoms with Crippen LogP contribution >= 0.6 is 11.2 Å². The van der Waals surface area contributed by atoms with Crippen LogP contribution in [0.5, 0.6) is 5.75 Å². The Morgan fingerprint density at radius 1 is 0.900 bits per heavy atom. The average Bonchev–Trinajstić information content (AvgIpc) is 2.96. The lowest BCUT2D eigenvalue weighted by atomic mass is 10.1. The van der Waals surface area contributed by atoms with Gasteiger partial charge in [0.1, 0.15) is 12.5 Å². The van der Waals surface area contributed by atoms with Crippen LogP contribution in [0.15, 0.2) is 30.3 Å². The van der Waals surface area contributed by atoms with Crippen molar-refractivity contribution in [2.24, 2.45) is 0 Å². The quantitative estimate of drug-likeness (QED) is 0.0758. The van der Waals surface area contributed by atoms with E-state index in [4.69, 9.17) is 14.2 Å².